The zero-order chi connectivity index (χ0) is 21.7. The van der Waals surface area contributed by atoms with Crippen LogP contribution in [-0.2, 0) is 9.59 Å². The van der Waals surface area contributed by atoms with Gasteiger partial charge in [0.05, 0.1) is 6.54 Å². The number of hydrogen-bond donors (Lipinski definition) is 1. The molecule has 0 unspecified atom stereocenters. The second-order valence-corrected chi connectivity index (χ2v) is 8.55. The zero-order valence-corrected chi connectivity index (χ0v) is 17.9. The van der Waals surface area contributed by atoms with Gasteiger partial charge in [-0.1, -0.05) is 63.2 Å². The monoisotopic (exact) mass is 407 g/mol. The smallest absolute Gasteiger partial charge is 0.251 e. The summed E-state index contributed by atoms with van der Waals surface area (Å²) < 4.78 is 0. The molecule has 3 amide bonds. The van der Waals surface area contributed by atoms with Crippen molar-refractivity contribution in [2.75, 3.05) is 32.7 Å². The minimum atomic E-state index is -0.420. The van der Waals surface area contributed by atoms with Gasteiger partial charge in [-0.15, -0.1) is 0 Å². The zero-order valence-electron chi connectivity index (χ0n) is 17.9. The van der Waals surface area contributed by atoms with Gasteiger partial charge >= 0.3 is 0 Å². The van der Waals surface area contributed by atoms with Crippen LogP contribution in [0.1, 0.15) is 31.1 Å². The summed E-state index contributed by atoms with van der Waals surface area (Å²) in [4.78, 5) is 40.7. The first kappa shape index (κ1) is 21.6. The van der Waals surface area contributed by atoms with Crippen LogP contribution in [-0.4, -0.2) is 60.2 Å². The van der Waals surface area contributed by atoms with Crippen molar-refractivity contribution in [1.82, 2.24) is 15.1 Å². The summed E-state index contributed by atoms with van der Waals surface area (Å²) in [7, 11) is 0. The molecule has 6 heteroatoms. The van der Waals surface area contributed by atoms with E-state index in [1.807, 2.05) is 63.2 Å². The summed E-state index contributed by atoms with van der Waals surface area (Å²) in [5.41, 5.74) is 2.22. The van der Waals surface area contributed by atoms with Crippen LogP contribution in [0, 0.1) is 5.41 Å². The van der Waals surface area contributed by atoms with Crippen molar-refractivity contribution < 1.29 is 14.4 Å². The summed E-state index contributed by atoms with van der Waals surface area (Å²) in [5.74, 6) is -0.307. The number of nitrogens with zero attached hydrogens (tertiary/aromatic N) is 2. The maximum atomic E-state index is 12.5. The molecule has 1 saturated heterocycles. The molecule has 0 radical (unpaired) electrons. The Hall–Kier alpha value is -3.15. The standard InChI is InChI=1S/C24H29N3O3/c1-24(2,3)23(30)27-15-13-26(14-16-27)21(28)17-25-22(29)20-11-9-19(10-12-20)18-7-5-4-6-8-18/h4-12H,13-17H2,1-3H3,(H,25,29). The molecule has 1 aliphatic rings. The maximum Gasteiger partial charge on any atom is 0.251 e. The molecule has 158 valence electrons. The molecular formula is C24H29N3O3. The molecule has 0 bridgehead atoms. The Kier molecular flexibility index (Phi) is 6.55. The van der Waals surface area contributed by atoms with E-state index in [9.17, 15) is 14.4 Å². The topological polar surface area (TPSA) is 69.7 Å². The van der Waals surface area contributed by atoms with Gasteiger partial charge in [0.1, 0.15) is 0 Å². The minimum Gasteiger partial charge on any atom is -0.343 e. The number of piperazine rings is 1. The van der Waals surface area contributed by atoms with E-state index >= 15 is 0 Å². The van der Waals surface area contributed by atoms with Crippen LogP contribution in [0.15, 0.2) is 54.6 Å². The molecule has 2 aromatic carbocycles. The highest BCUT2D eigenvalue weighted by Gasteiger charge is 2.30. The van der Waals surface area contributed by atoms with E-state index in [0.29, 0.717) is 31.7 Å². The van der Waals surface area contributed by atoms with Crippen LogP contribution in [0.4, 0.5) is 0 Å². The van der Waals surface area contributed by atoms with Crippen molar-refractivity contribution in [3.05, 3.63) is 60.2 Å². The highest BCUT2D eigenvalue weighted by molar-refractivity contribution is 5.96. The van der Waals surface area contributed by atoms with Crippen molar-refractivity contribution in [3.63, 3.8) is 0 Å². The molecule has 6 nitrogen and oxygen atoms in total. The molecule has 2 aromatic rings. The summed E-state index contributed by atoms with van der Waals surface area (Å²) in [6.07, 6.45) is 0. The third kappa shape index (κ3) is 5.26. The SMILES string of the molecule is CC(C)(C)C(=O)N1CCN(C(=O)CNC(=O)c2ccc(-c3ccccc3)cc2)CC1. The molecule has 1 N–H and O–H groups in total. The first-order valence-corrected chi connectivity index (χ1v) is 10.3. The van der Waals surface area contributed by atoms with Crippen LogP contribution in [0.3, 0.4) is 0 Å². The number of benzene rings is 2. The number of nitrogens with one attached hydrogen (secondary N) is 1. The van der Waals surface area contributed by atoms with E-state index < -0.39 is 5.41 Å². The lowest BCUT2D eigenvalue weighted by Gasteiger charge is -2.37. The Balaban J connectivity index is 1.48. The highest BCUT2D eigenvalue weighted by Crippen LogP contribution is 2.20. The van der Waals surface area contributed by atoms with E-state index in [1.54, 1.807) is 21.9 Å². The molecular weight excluding hydrogens is 378 g/mol. The maximum absolute atomic E-state index is 12.5. The minimum absolute atomic E-state index is 0.0491. The number of hydrogen-bond acceptors (Lipinski definition) is 3. The van der Waals surface area contributed by atoms with Crippen LogP contribution in [0.2, 0.25) is 0 Å². The second kappa shape index (κ2) is 9.11. The van der Waals surface area contributed by atoms with Gasteiger partial charge in [0.2, 0.25) is 11.8 Å². The average Bonchev–Trinajstić information content (AvgIpc) is 2.77. The fourth-order valence-corrected chi connectivity index (χ4v) is 3.45. The largest absolute Gasteiger partial charge is 0.343 e. The number of rotatable bonds is 4. The highest BCUT2D eigenvalue weighted by atomic mass is 16.2. The molecule has 1 heterocycles. The summed E-state index contributed by atoms with van der Waals surface area (Å²) in [6.45, 7) is 7.67. The van der Waals surface area contributed by atoms with Gasteiger partial charge in [0, 0.05) is 37.2 Å². The van der Waals surface area contributed by atoms with Crippen molar-refractivity contribution in [1.29, 1.82) is 0 Å². The Bertz CT molecular complexity index is 894. The van der Waals surface area contributed by atoms with Gasteiger partial charge in [-0.25, -0.2) is 0 Å². The number of amides is 3. The predicted molar refractivity (Wildman–Crippen MR) is 117 cm³/mol. The van der Waals surface area contributed by atoms with Crippen LogP contribution in [0.5, 0.6) is 0 Å². The Morgan fingerprint density at radius 1 is 0.800 bits per heavy atom. The molecule has 3 rings (SSSR count). The molecule has 0 aliphatic carbocycles. The van der Waals surface area contributed by atoms with Gasteiger partial charge < -0.3 is 15.1 Å². The van der Waals surface area contributed by atoms with Crippen molar-refractivity contribution in [3.8, 4) is 11.1 Å². The van der Waals surface area contributed by atoms with Crippen molar-refractivity contribution >= 4 is 17.7 Å². The Morgan fingerprint density at radius 3 is 1.90 bits per heavy atom. The molecule has 0 spiro atoms. The Morgan fingerprint density at radius 2 is 1.33 bits per heavy atom. The van der Waals surface area contributed by atoms with Crippen LogP contribution < -0.4 is 5.32 Å². The lowest BCUT2D eigenvalue weighted by Crippen LogP contribution is -2.54. The fourth-order valence-electron chi connectivity index (χ4n) is 3.45. The van der Waals surface area contributed by atoms with E-state index in [4.69, 9.17) is 0 Å². The van der Waals surface area contributed by atoms with Gasteiger partial charge in [-0.3, -0.25) is 14.4 Å². The van der Waals surface area contributed by atoms with Crippen molar-refractivity contribution in [2.45, 2.75) is 20.8 Å². The van der Waals surface area contributed by atoms with Gasteiger partial charge in [0.15, 0.2) is 0 Å². The average molecular weight is 408 g/mol. The van der Waals surface area contributed by atoms with E-state index in [2.05, 4.69) is 5.32 Å². The Labute approximate surface area is 177 Å². The van der Waals surface area contributed by atoms with Gasteiger partial charge in [-0.05, 0) is 23.3 Å². The molecule has 0 atom stereocenters. The van der Waals surface area contributed by atoms with Crippen LogP contribution >= 0.6 is 0 Å². The van der Waals surface area contributed by atoms with Crippen LogP contribution in [0.25, 0.3) is 11.1 Å². The normalized spacial score (nSPS) is 14.4. The van der Waals surface area contributed by atoms with Gasteiger partial charge in [-0.2, -0.15) is 0 Å². The number of carbonyl (C=O) groups is 3. The first-order chi connectivity index (χ1) is 14.3. The molecule has 1 fully saturated rings. The second-order valence-electron chi connectivity index (χ2n) is 8.55. The lowest BCUT2D eigenvalue weighted by molar-refractivity contribution is -0.144. The van der Waals surface area contributed by atoms with E-state index in [0.717, 1.165) is 11.1 Å². The quantitative estimate of drug-likeness (QED) is 0.847. The first-order valence-electron chi connectivity index (χ1n) is 10.3. The molecule has 0 saturated carbocycles. The molecule has 1 aliphatic heterocycles. The molecule has 0 aromatic heterocycles. The summed E-state index contributed by atoms with van der Waals surface area (Å²) in [5, 5.41) is 2.70. The summed E-state index contributed by atoms with van der Waals surface area (Å²) >= 11 is 0. The predicted octanol–water partition coefficient (Wildman–Crippen LogP) is 2.80. The van der Waals surface area contributed by atoms with E-state index in [-0.39, 0.29) is 24.3 Å². The third-order valence-electron chi connectivity index (χ3n) is 5.22. The van der Waals surface area contributed by atoms with Gasteiger partial charge in [0.25, 0.3) is 5.91 Å². The summed E-state index contributed by atoms with van der Waals surface area (Å²) in [6, 6.07) is 17.3. The third-order valence-corrected chi connectivity index (χ3v) is 5.22. The molecule has 30 heavy (non-hydrogen) atoms. The fraction of sp³-hybridized carbons (Fsp3) is 0.375. The number of carbonyl (C=O) groups excluding carboxylic acids is 3. The lowest BCUT2D eigenvalue weighted by atomic mass is 9.94. The van der Waals surface area contributed by atoms with E-state index in [1.165, 1.54) is 0 Å². The van der Waals surface area contributed by atoms with Crippen molar-refractivity contribution in [2.24, 2.45) is 5.41 Å².